The summed E-state index contributed by atoms with van der Waals surface area (Å²) in [5, 5.41) is 0. The molecular formula is C16H18IN. The molecule has 0 spiro atoms. The summed E-state index contributed by atoms with van der Waals surface area (Å²) in [5.41, 5.74) is 10.2. The average molecular weight is 351 g/mol. The van der Waals surface area contributed by atoms with Crippen molar-refractivity contribution in [1.82, 2.24) is 0 Å². The molecule has 94 valence electrons. The van der Waals surface area contributed by atoms with Gasteiger partial charge < -0.3 is 5.73 Å². The first-order valence-corrected chi connectivity index (χ1v) is 7.27. The highest BCUT2D eigenvalue weighted by Gasteiger charge is 2.05. The Morgan fingerprint density at radius 2 is 1.67 bits per heavy atom. The van der Waals surface area contributed by atoms with Crippen molar-refractivity contribution in [3.63, 3.8) is 0 Å². The highest BCUT2D eigenvalue weighted by atomic mass is 127. The Morgan fingerprint density at radius 1 is 1.00 bits per heavy atom. The molecule has 0 aliphatic heterocycles. The molecule has 1 unspecified atom stereocenters. The Labute approximate surface area is 123 Å². The van der Waals surface area contributed by atoms with Crippen molar-refractivity contribution in [1.29, 1.82) is 0 Å². The fourth-order valence-corrected chi connectivity index (χ4v) is 2.50. The highest BCUT2D eigenvalue weighted by molar-refractivity contribution is 14.1. The molecule has 18 heavy (non-hydrogen) atoms. The maximum Gasteiger partial charge on any atom is 0.0130 e. The Hall–Kier alpha value is -0.870. The zero-order valence-electron chi connectivity index (χ0n) is 10.6. The van der Waals surface area contributed by atoms with E-state index in [1.807, 2.05) is 0 Å². The molecular weight excluding hydrogens is 333 g/mol. The summed E-state index contributed by atoms with van der Waals surface area (Å²) in [6.07, 6.45) is 1.87. The lowest BCUT2D eigenvalue weighted by Gasteiger charge is -2.12. The summed E-state index contributed by atoms with van der Waals surface area (Å²) in [4.78, 5) is 0. The van der Waals surface area contributed by atoms with Crippen LogP contribution in [0.5, 0.6) is 0 Å². The van der Waals surface area contributed by atoms with Gasteiger partial charge in [-0.25, -0.2) is 0 Å². The molecule has 2 aromatic rings. The van der Waals surface area contributed by atoms with Crippen LogP contribution in [0.2, 0.25) is 0 Å². The van der Waals surface area contributed by atoms with Gasteiger partial charge in [-0.15, -0.1) is 0 Å². The van der Waals surface area contributed by atoms with Crippen molar-refractivity contribution in [2.24, 2.45) is 5.73 Å². The molecule has 0 aliphatic rings. The fraction of sp³-hybridized carbons (Fsp3) is 0.250. The molecule has 0 heterocycles. The van der Waals surface area contributed by atoms with Crippen LogP contribution in [0.1, 0.15) is 16.7 Å². The molecule has 2 N–H and O–H groups in total. The number of rotatable bonds is 4. The van der Waals surface area contributed by atoms with Gasteiger partial charge in [-0.2, -0.15) is 0 Å². The lowest BCUT2D eigenvalue weighted by atomic mass is 9.99. The van der Waals surface area contributed by atoms with Gasteiger partial charge in [-0.3, -0.25) is 0 Å². The fourth-order valence-electron chi connectivity index (χ4n) is 2.14. The van der Waals surface area contributed by atoms with E-state index < -0.39 is 0 Å². The van der Waals surface area contributed by atoms with Crippen molar-refractivity contribution in [3.8, 4) is 0 Å². The number of benzene rings is 2. The van der Waals surface area contributed by atoms with Gasteiger partial charge in [-0.1, -0.05) is 42.0 Å². The second-order valence-electron chi connectivity index (χ2n) is 4.78. The quantitative estimate of drug-likeness (QED) is 0.835. The lowest BCUT2D eigenvalue weighted by Crippen LogP contribution is -2.25. The Morgan fingerprint density at radius 3 is 2.33 bits per heavy atom. The monoisotopic (exact) mass is 351 g/mol. The van der Waals surface area contributed by atoms with Crippen molar-refractivity contribution >= 4 is 22.6 Å². The molecule has 2 aromatic carbocycles. The molecule has 2 rings (SSSR count). The SMILES string of the molecule is Cc1cccc(CC(N)Cc2ccc(I)cc2)c1. The van der Waals surface area contributed by atoms with E-state index in [4.69, 9.17) is 5.73 Å². The third kappa shape index (κ3) is 4.10. The van der Waals surface area contributed by atoms with Crippen LogP contribution in [0.4, 0.5) is 0 Å². The number of hydrogen-bond donors (Lipinski definition) is 1. The van der Waals surface area contributed by atoms with E-state index in [2.05, 4.69) is 78.0 Å². The van der Waals surface area contributed by atoms with E-state index in [9.17, 15) is 0 Å². The van der Waals surface area contributed by atoms with Gasteiger partial charge in [0.05, 0.1) is 0 Å². The summed E-state index contributed by atoms with van der Waals surface area (Å²) in [7, 11) is 0. The molecule has 0 fully saturated rings. The molecule has 0 bridgehead atoms. The maximum absolute atomic E-state index is 6.22. The molecule has 0 saturated heterocycles. The zero-order valence-corrected chi connectivity index (χ0v) is 12.7. The van der Waals surface area contributed by atoms with E-state index in [1.165, 1.54) is 20.3 Å². The summed E-state index contributed by atoms with van der Waals surface area (Å²) in [6.45, 7) is 2.12. The third-order valence-electron chi connectivity index (χ3n) is 2.99. The second-order valence-corrected chi connectivity index (χ2v) is 6.03. The highest BCUT2D eigenvalue weighted by Crippen LogP contribution is 2.11. The van der Waals surface area contributed by atoms with Gasteiger partial charge in [-0.05, 0) is 65.6 Å². The van der Waals surface area contributed by atoms with Crippen molar-refractivity contribution in [2.45, 2.75) is 25.8 Å². The van der Waals surface area contributed by atoms with E-state index in [0.29, 0.717) is 0 Å². The van der Waals surface area contributed by atoms with Crippen molar-refractivity contribution in [3.05, 3.63) is 68.8 Å². The number of hydrogen-bond acceptors (Lipinski definition) is 1. The first-order chi connectivity index (χ1) is 8.63. The van der Waals surface area contributed by atoms with E-state index in [1.54, 1.807) is 0 Å². The third-order valence-corrected chi connectivity index (χ3v) is 3.71. The van der Waals surface area contributed by atoms with E-state index >= 15 is 0 Å². The lowest BCUT2D eigenvalue weighted by molar-refractivity contribution is 0.664. The van der Waals surface area contributed by atoms with Crippen LogP contribution in [0.15, 0.2) is 48.5 Å². The van der Waals surface area contributed by atoms with Gasteiger partial charge in [0.15, 0.2) is 0 Å². The van der Waals surface area contributed by atoms with Crippen LogP contribution in [0, 0.1) is 10.5 Å². The van der Waals surface area contributed by atoms with Crippen LogP contribution in [0.25, 0.3) is 0 Å². The Kier molecular flexibility index (Phi) is 4.78. The van der Waals surface area contributed by atoms with Gasteiger partial charge in [0, 0.05) is 9.61 Å². The molecule has 0 amide bonds. The molecule has 1 atom stereocenters. The van der Waals surface area contributed by atoms with Crippen LogP contribution in [0.3, 0.4) is 0 Å². The topological polar surface area (TPSA) is 26.0 Å². The maximum atomic E-state index is 6.22. The van der Waals surface area contributed by atoms with Gasteiger partial charge in [0.2, 0.25) is 0 Å². The standard InChI is InChI=1S/C16H18IN/c1-12-3-2-4-14(9-12)11-16(18)10-13-5-7-15(17)8-6-13/h2-9,16H,10-11,18H2,1H3. The van der Waals surface area contributed by atoms with Crippen LogP contribution in [-0.2, 0) is 12.8 Å². The molecule has 2 heteroatoms. The summed E-state index contributed by atoms with van der Waals surface area (Å²) in [6, 6.07) is 17.4. The van der Waals surface area contributed by atoms with Crippen LogP contribution < -0.4 is 5.73 Å². The minimum Gasteiger partial charge on any atom is -0.327 e. The van der Waals surface area contributed by atoms with Crippen molar-refractivity contribution in [2.75, 3.05) is 0 Å². The molecule has 0 aromatic heterocycles. The minimum absolute atomic E-state index is 0.187. The zero-order chi connectivity index (χ0) is 13.0. The number of aryl methyl sites for hydroxylation is 1. The molecule has 0 aliphatic carbocycles. The number of halogens is 1. The normalized spacial score (nSPS) is 12.4. The molecule has 0 saturated carbocycles. The van der Waals surface area contributed by atoms with E-state index in [-0.39, 0.29) is 6.04 Å². The predicted molar refractivity (Wildman–Crippen MR) is 85.7 cm³/mol. The summed E-state index contributed by atoms with van der Waals surface area (Å²) in [5.74, 6) is 0. The Bertz CT molecular complexity index is 505. The number of nitrogens with two attached hydrogens (primary N) is 1. The Balaban J connectivity index is 1.96. The van der Waals surface area contributed by atoms with Gasteiger partial charge in [0.1, 0.15) is 0 Å². The first kappa shape index (κ1) is 13.6. The summed E-state index contributed by atoms with van der Waals surface area (Å²) >= 11 is 2.32. The summed E-state index contributed by atoms with van der Waals surface area (Å²) < 4.78 is 1.27. The van der Waals surface area contributed by atoms with Crippen LogP contribution >= 0.6 is 22.6 Å². The molecule has 1 nitrogen and oxygen atoms in total. The smallest absolute Gasteiger partial charge is 0.0130 e. The average Bonchev–Trinajstić information content (AvgIpc) is 2.32. The van der Waals surface area contributed by atoms with E-state index in [0.717, 1.165) is 12.8 Å². The predicted octanol–water partition coefficient (Wildman–Crippen LogP) is 3.71. The van der Waals surface area contributed by atoms with Gasteiger partial charge in [0.25, 0.3) is 0 Å². The van der Waals surface area contributed by atoms with Crippen molar-refractivity contribution < 1.29 is 0 Å². The van der Waals surface area contributed by atoms with Crippen LogP contribution in [-0.4, -0.2) is 6.04 Å². The largest absolute Gasteiger partial charge is 0.327 e. The minimum atomic E-state index is 0.187. The molecule has 0 radical (unpaired) electrons. The second kappa shape index (κ2) is 6.34. The first-order valence-electron chi connectivity index (χ1n) is 6.19. The van der Waals surface area contributed by atoms with Gasteiger partial charge >= 0.3 is 0 Å².